The highest BCUT2D eigenvalue weighted by Crippen LogP contribution is 2.14. The summed E-state index contributed by atoms with van der Waals surface area (Å²) in [4.78, 5) is 11.9. The Balaban J connectivity index is 1.77. The van der Waals surface area contributed by atoms with Crippen LogP contribution in [0.2, 0.25) is 0 Å². The Bertz CT molecular complexity index is 531. The van der Waals surface area contributed by atoms with Crippen LogP contribution in [-0.2, 0) is 4.79 Å². The number of hydrogen-bond acceptors (Lipinski definition) is 3. The molecule has 3 N–H and O–H groups in total. The van der Waals surface area contributed by atoms with Crippen LogP contribution in [0.25, 0.3) is 0 Å². The number of carbonyl (C=O) groups excluding carboxylic acids is 1. The lowest BCUT2D eigenvalue weighted by molar-refractivity contribution is -0.121. The van der Waals surface area contributed by atoms with Gasteiger partial charge in [-0.2, -0.15) is 0 Å². The van der Waals surface area contributed by atoms with E-state index in [0.717, 1.165) is 25.1 Å². The zero-order chi connectivity index (χ0) is 22.4. The van der Waals surface area contributed by atoms with Gasteiger partial charge in [0, 0.05) is 25.2 Å². The molecule has 0 fully saturated rings. The molecular formula is C27H48N2O2. The van der Waals surface area contributed by atoms with Crippen LogP contribution in [0.5, 0.6) is 5.75 Å². The molecule has 0 radical (unpaired) electrons. The zero-order valence-electron chi connectivity index (χ0n) is 20.1. The maximum absolute atomic E-state index is 11.9. The Morgan fingerprint density at radius 2 is 1.16 bits per heavy atom. The van der Waals surface area contributed by atoms with Crippen molar-refractivity contribution in [1.29, 1.82) is 0 Å². The van der Waals surface area contributed by atoms with Crippen molar-refractivity contribution in [2.75, 3.05) is 18.4 Å². The third kappa shape index (κ3) is 17.6. The number of benzene rings is 1. The van der Waals surface area contributed by atoms with E-state index in [1.807, 2.05) is 12.1 Å². The zero-order valence-corrected chi connectivity index (χ0v) is 20.1. The van der Waals surface area contributed by atoms with Gasteiger partial charge in [-0.1, -0.05) is 96.8 Å². The van der Waals surface area contributed by atoms with Crippen LogP contribution in [0.15, 0.2) is 24.3 Å². The van der Waals surface area contributed by atoms with Crippen molar-refractivity contribution in [1.82, 2.24) is 5.32 Å². The number of unbranched alkanes of at least 4 members (excludes halogenated alkanes) is 14. The minimum Gasteiger partial charge on any atom is -0.508 e. The Hall–Kier alpha value is -1.71. The van der Waals surface area contributed by atoms with Crippen LogP contribution in [0.3, 0.4) is 0 Å². The molecule has 0 saturated heterocycles. The minimum absolute atomic E-state index is 0.180. The summed E-state index contributed by atoms with van der Waals surface area (Å²) in [5, 5.41) is 15.5. The van der Waals surface area contributed by atoms with Crippen molar-refractivity contribution in [3.63, 3.8) is 0 Å². The van der Waals surface area contributed by atoms with Crippen molar-refractivity contribution in [3.8, 4) is 5.75 Å². The maximum atomic E-state index is 11.9. The summed E-state index contributed by atoms with van der Waals surface area (Å²) < 4.78 is 0. The first kappa shape index (κ1) is 27.3. The van der Waals surface area contributed by atoms with Gasteiger partial charge >= 0.3 is 0 Å². The van der Waals surface area contributed by atoms with Crippen molar-refractivity contribution < 1.29 is 9.90 Å². The van der Waals surface area contributed by atoms with Gasteiger partial charge in [0.15, 0.2) is 0 Å². The normalized spacial score (nSPS) is 10.9. The van der Waals surface area contributed by atoms with E-state index in [1.54, 1.807) is 12.1 Å². The molecule has 0 aliphatic heterocycles. The third-order valence-electron chi connectivity index (χ3n) is 5.88. The van der Waals surface area contributed by atoms with Gasteiger partial charge in [-0.15, -0.1) is 0 Å². The lowest BCUT2D eigenvalue weighted by Gasteiger charge is -2.08. The largest absolute Gasteiger partial charge is 0.508 e. The third-order valence-corrected chi connectivity index (χ3v) is 5.88. The number of phenolic OH excluding ortho intramolecular Hbond substituents is 1. The van der Waals surface area contributed by atoms with E-state index < -0.39 is 0 Å². The first-order chi connectivity index (χ1) is 15.2. The first-order valence-electron chi connectivity index (χ1n) is 13.0. The summed E-state index contributed by atoms with van der Waals surface area (Å²) in [7, 11) is 0. The van der Waals surface area contributed by atoms with E-state index in [0.29, 0.717) is 13.0 Å². The second-order valence-corrected chi connectivity index (χ2v) is 8.88. The maximum Gasteiger partial charge on any atom is 0.219 e. The average Bonchev–Trinajstić information content (AvgIpc) is 2.77. The van der Waals surface area contributed by atoms with Gasteiger partial charge in [0.25, 0.3) is 0 Å². The molecule has 0 aromatic heterocycles. The second-order valence-electron chi connectivity index (χ2n) is 8.88. The van der Waals surface area contributed by atoms with Crippen LogP contribution in [0, 0.1) is 0 Å². The molecule has 0 atom stereocenters. The summed E-state index contributed by atoms with van der Waals surface area (Å²) in [5.41, 5.74) is 0.988. The quantitative estimate of drug-likeness (QED) is 0.139. The predicted molar refractivity (Wildman–Crippen MR) is 134 cm³/mol. The number of amides is 1. The average molecular weight is 433 g/mol. The second kappa shape index (κ2) is 20.2. The molecule has 0 heterocycles. The Kier molecular flexibility index (Phi) is 17.8. The fraction of sp³-hybridized carbons (Fsp3) is 0.741. The van der Waals surface area contributed by atoms with Gasteiger partial charge < -0.3 is 15.7 Å². The van der Waals surface area contributed by atoms with Gasteiger partial charge in [-0.3, -0.25) is 4.79 Å². The Morgan fingerprint density at radius 3 is 1.68 bits per heavy atom. The molecule has 4 nitrogen and oxygen atoms in total. The van der Waals surface area contributed by atoms with E-state index in [1.165, 1.54) is 89.9 Å². The van der Waals surface area contributed by atoms with E-state index in [9.17, 15) is 9.90 Å². The highest BCUT2D eigenvalue weighted by molar-refractivity contribution is 5.75. The predicted octanol–water partition coefficient (Wildman–Crippen LogP) is 7.57. The summed E-state index contributed by atoms with van der Waals surface area (Å²) >= 11 is 0. The SMILES string of the molecule is CCCCCCCCCCCCCCCCCC(=O)NCCCNc1ccc(O)cc1. The monoisotopic (exact) mass is 432 g/mol. The molecule has 1 aromatic carbocycles. The molecule has 0 saturated carbocycles. The smallest absolute Gasteiger partial charge is 0.219 e. The summed E-state index contributed by atoms with van der Waals surface area (Å²) in [6.07, 6.45) is 21.8. The van der Waals surface area contributed by atoms with Crippen molar-refractivity contribution in [2.45, 2.75) is 116 Å². The van der Waals surface area contributed by atoms with E-state index >= 15 is 0 Å². The van der Waals surface area contributed by atoms with E-state index in [-0.39, 0.29) is 11.7 Å². The van der Waals surface area contributed by atoms with Crippen molar-refractivity contribution >= 4 is 11.6 Å². The molecule has 1 rings (SSSR count). The molecule has 1 aromatic rings. The van der Waals surface area contributed by atoms with Crippen molar-refractivity contribution in [2.24, 2.45) is 0 Å². The van der Waals surface area contributed by atoms with Gasteiger partial charge in [0.1, 0.15) is 5.75 Å². The molecule has 178 valence electrons. The van der Waals surface area contributed by atoms with Gasteiger partial charge in [-0.05, 0) is 37.1 Å². The Labute approximate surface area is 191 Å². The number of phenols is 1. The number of rotatable bonds is 21. The number of nitrogens with one attached hydrogen (secondary N) is 2. The topological polar surface area (TPSA) is 61.4 Å². The summed E-state index contributed by atoms with van der Waals surface area (Å²) in [6.45, 7) is 3.80. The molecule has 0 aliphatic carbocycles. The first-order valence-corrected chi connectivity index (χ1v) is 13.0. The van der Waals surface area contributed by atoms with Crippen LogP contribution < -0.4 is 10.6 Å². The highest BCUT2D eigenvalue weighted by atomic mass is 16.3. The fourth-order valence-corrected chi connectivity index (χ4v) is 3.87. The highest BCUT2D eigenvalue weighted by Gasteiger charge is 2.01. The molecule has 0 unspecified atom stereocenters. The summed E-state index contributed by atoms with van der Waals surface area (Å²) in [5.74, 6) is 0.455. The van der Waals surface area contributed by atoms with E-state index in [2.05, 4.69) is 17.6 Å². The van der Waals surface area contributed by atoms with Gasteiger partial charge in [0.2, 0.25) is 5.91 Å². The Morgan fingerprint density at radius 1 is 0.677 bits per heavy atom. The standard InChI is InChI=1S/C27H48N2O2/c1-2-3-4-5-6-7-8-9-10-11-12-13-14-15-16-18-27(31)29-24-17-23-28-25-19-21-26(30)22-20-25/h19-22,28,30H,2-18,23-24H2,1H3,(H,29,31). The molecule has 0 aliphatic rings. The van der Waals surface area contributed by atoms with Crippen LogP contribution in [-0.4, -0.2) is 24.1 Å². The molecular weight excluding hydrogens is 384 g/mol. The van der Waals surface area contributed by atoms with Crippen LogP contribution in [0.1, 0.15) is 116 Å². The van der Waals surface area contributed by atoms with Crippen LogP contribution in [0.4, 0.5) is 5.69 Å². The van der Waals surface area contributed by atoms with Gasteiger partial charge in [-0.25, -0.2) is 0 Å². The van der Waals surface area contributed by atoms with Crippen molar-refractivity contribution in [3.05, 3.63) is 24.3 Å². The lowest BCUT2D eigenvalue weighted by Crippen LogP contribution is -2.25. The lowest BCUT2D eigenvalue weighted by atomic mass is 10.0. The minimum atomic E-state index is 0.180. The molecule has 0 bridgehead atoms. The number of anilines is 1. The molecule has 4 heteroatoms. The number of aromatic hydroxyl groups is 1. The van der Waals surface area contributed by atoms with E-state index in [4.69, 9.17) is 0 Å². The molecule has 0 spiro atoms. The fourth-order valence-electron chi connectivity index (χ4n) is 3.87. The number of carbonyl (C=O) groups is 1. The summed E-state index contributed by atoms with van der Waals surface area (Å²) in [6, 6.07) is 7.04. The van der Waals surface area contributed by atoms with Gasteiger partial charge in [0.05, 0.1) is 0 Å². The van der Waals surface area contributed by atoms with Crippen LogP contribution >= 0.6 is 0 Å². The molecule has 31 heavy (non-hydrogen) atoms. The molecule has 1 amide bonds. The number of hydrogen-bond donors (Lipinski definition) is 3.